The molecule has 2 aliphatic heterocycles. The summed E-state index contributed by atoms with van der Waals surface area (Å²) >= 11 is 0. The number of carbonyl (C=O) groups is 2. The summed E-state index contributed by atoms with van der Waals surface area (Å²) in [5.41, 5.74) is 1.36. The fourth-order valence-electron chi connectivity index (χ4n) is 3.45. The molecule has 2 aromatic rings. The number of aromatic amines is 1. The summed E-state index contributed by atoms with van der Waals surface area (Å²) in [5, 5.41) is 12.1. The first-order chi connectivity index (χ1) is 14.1. The molecule has 3 N–H and O–H groups in total. The highest BCUT2D eigenvalue weighted by Gasteiger charge is 2.29. The molecule has 0 spiro atoms. The number of imidazole rings is 1. The van der Waals surface area contributed by atoms with Gasteiger partial charge in [-0.25, -0.2) is 4.98 Å². The van der Waals surface area contributed by atoms with E-state index in [4.69, 9.17) is 9.47 Å². The highest BCUT2D eigenvalue weighted by molar-refractivity contribution is 5.96. The average molecular weight is 401 g/mol. The van der Waals surface area contributed by atoms with Crippen molar-refractivity contribution in [2.45, 2.75) is 12.6 Å². The first-order valence-corrected chi connectivity index (χ1v) is 9.44. The summed E-state index contributed by atoms with van der Waals surface area (Å²) < 4.78 is 10.7. The number of ether oxygens (including phenoxy) is 2. The maximum absolute atomic E-state index is 12.7. The van der Waals surface area contributed by atoms with Gasteiger partial charge in [-0.3, -0.25) is 14.5 Å². The van der Waals surface area contributed by atoms with Crippen LogP contribution in [0.3, 0.4) is 0 Å². The van der Waals surface area contributed by atoms with Crippen molar-refractivity contribution in [3.05, 3.63) is 42.0 Å². The molecule has 10 heteroatoms. The molecular formula is C19H23N5O5. The summed E-state index contributed by atoms with van der Waals surface area (Å²) in [7, 11) is 0. The smallest absolute Gasteiger partial charge is 0.270 e. The van der Waals surface area contributed by atoms with E-state index in [0.717, 1.165) is 23.6 Å². The summed E-state index contributed by atoms with van der Waals surface area (Å²) in [6.45, 7) is 3.00. The van der Waals surface area contributed by atoms with Gasteiger partial charge < -0.3 is 29.8 Å². The third-order valence-corrected chi connectivity index (χ3v) is 5.06. The largest absolute Gasteiger partial charge is 0.454 e. The van der Waals surface area contributed by atoms with E-state index >= 15 is 0 Å². The third-order valence-electron chi connectivity index (χ3n) is 5.06. The summed E-state index contributed by atoms with van der Waals surface area (Å²) in [5.74, 6) is 0.755. The number of benzene rings is 1. The molecule has 4 rings (SSSR count). The van der Waals surface area contributed by atoms with Gasteiger partial charge in [-0.2, -0.15) is 0 Å². The lowest BCUT2D eigenvalue weighted by molar-refractivity contribution is -0.136. The van der Waals surface area contributed by atoms with E-state index in [0.29, 0.717) is 26.2 Å². The Morgan fingerprint density at radius 1 is 1.21 bits per heavy atom. The van der Waals surface area contributed by atoms with Gasteiger partial charge in [0.15, 0.2) is 11.5 Å². The van der Waals surface area contributed by atoms with Crippen LogP contribution in [0.5, 0.6) is 11.5 Å². The second-order valence-corrected chi connectivity index (χ2v) is 6.96. The molecule has 3 heterocycles. The standard InChI is InChI=1S/C19H23N5O5/c25-10-15(22-18(26)14-8-20-11-21-14)19(27)24-5-3-23(4-6-24)9-13-1-2-16-17(7-13)29-12-28-16/h1-2,7-8,11,15,25H,3-6,9-10,12H2,(H,20,21)(H,22,26)/t15-/m0/s1. The van der Waals surface area contributed by atoms with Crippen LogP contribution < -0.4 is 14.8 Å². The number of aromatic nitrogens is 2. The number of aliphatic hydroxyl groups is 1. The minimum absolute atomic E-state index is 0.241. The minimum atomic E-state index is -0.980. The second kappa shape index (κ2) is 8.50. The molecule has 1 aromatic carbocycles. The Labute approximate surface area is 167 Å². The van der Waals surface area contributed by atoms with Crippen molar-refractivity contribution >= 4 is 11.8 Å². The average Bonchev–Trinajstić information content (AvgIpc) is 3.43. The number of rotatable bonds is 6. The van der Waals surface area contributed by atoms with Crippen LogP contribution in [-0.2, 0) is 11.3 Å². The number of fused-ring (bicyclic) bond motifs is 1. The zero-order valence-electron chi connectivity index (χ0n) is 15.8. The van der Waals surface area contributed by atoms with Crippen molar-refractivity contribution in [2.24, 2.45) is 0 Å². The molecule has 0 aliphatic carbocycles. The second-order valence-electron chi connectivity index (χ2n) is 6.96. The summed E-state index contributed by atoms with van der Waals surface area (Å²) in [6, 6.07) is 4.92. The van der Waals surface area contributed by atoms with Gasteiger partial charge >= 0.3 is 0 Å². The fraction of sp³-hybridized carbons (Fsp3) is 0.421. The van der Waals surface area contributed by atoms with E-state index in [1.807, 2.05) is 18.2 Å². The number of nitrogens with zero attached hydrogens (tertiary/aromatic N) is 3. The Hall–Kier alpha value is -3.11. The number of amides is 2. The van der Waals surface area contributed by atoms with Crippen LogP contribution in [0.2, 0.25) is 0 Å². The molecule has 10 nitrogen and oxygen atoms in total. The Morgan fingerprint density at radius 3 is 2.72 bits per heavy atom. The number of carbonyl (C=O) groups excluding carboxylic acids is 2. The van der Waals surface area contributed by atoms with Crippen LogP contribution in [0.1, 0.15) is 16.1 Å². The van der Waals surface area contributed by atoms with Crippen LogP contribution in [-0.4, -0.2) is 82.3 Å². The lowest BCUT2D eigenvalue weighted by Gasteiger charge is -2.36. The number of H-pyrrole nitrogens is 1. The number of nitrogens with one attached hydrogen (secondary N) is 2. The quantitative estimate of drug-likeness (QED) is 0.601. The molecule has 2 aliphatic rings. The van der Waals surface area contributed by atoms with Gasteiger partial charge in [0.05, 0.1) is 19.1 Å². The predicted octanol–water partition coefficient (Wildman–Crippen LogP) is -0.426. The summed E-state index contributed by atoms with van der Waals surface area (Å²) in [6.07, 6.45) is 2.74. The SMILES string of the molecule is O=C(N[C@@H](CO)C(=O)N1CCN(Cc2ccc3c(c2)OCO3)CC1)c1cnc[nH]1. The molecule has 2 amide bonds. The van der Waals surface area contributed by atoms with Crippen molar-refractivity contribution < 1.29 is 24.2 Å². The van der Waals surface area contributed by atoms with Crippen LogP contribution in [0.4, 0.5) is 0 Å². The van der Waals surface area contributed by atoms with E-state index in [1.54, 1.807) is 4.90 Å². The van der Waals surface area contributed by atoms with E-state index in [-0.39, 0.29) is 18.4 Å². The first kappa shape index (κ1) is 19.2. The fourth-order valence-corrected chi connectivity index (χ4v) is 3.45. The molecule has 1 fully saturated rings. The molecule has 0 bridgehead atoms. The molecule has 1 atom stereocenters. The van der Waals surface area contributed by atoms with Gasteiger partial charge in [-0.1, -0.05) is 6.07 Å². The highest BCUT2D eigenvalue weighted by atomic mass is 16.7. The molecule has 1 saturated heterocycles. The lowest BCUT2D eigenvalue weighted by atomic mass is 10.1. The van der Waals surface area contributed by atoms with Gasteiger partial charge in [0.1, 0.15) is 11.7 Å². The Balaban J connectivity index is 1.29. The molecule has 0 saturated carbocycles. The number of piperazine rings is 1. The van der Waals surface area contributed by atoms with Gasteiger partial charge in [0, 0.05) is 32.7 Å². The van der Waals surface area contributed by atoms with Gasteiger partial charge in [-0.15, -0.1) is 0 Å². The number of hydrogen-bond donors (Lipinski definition) is 3. The zero-order chi connectivity index (χ0) is 20.2. The lowest BCUT2D eigenvalue weighted by Crippen LogP contribution is -2.55. The highest BCUT2D eigenvalue weighted by Crippen LogP contribution is 2.32. The molecular weight excluding hydrogens is 378 g/mol. The van der Waals surface area contributed by atoms with Gasteiger partial charge in [0.2, 0.25) is 12.7 Å². The van der Waals surface area contributed by atoms with Crippen LogP contribution in [0, 0.1) is 0 Å². The topological polar surface area (TPSA) is 120 Å². The molecule has 154 valence electrons. The van der Waals surface area contributed by atoms with Crippen molar-refractivity contribution in [3.8, 4) is 11.5 Å². The minimum Gasteiger partial charge on any atom is -0.454 e. The predicted molar refractivity (Wildman–Crippen MR) is 101 cm³/mol. The van der Waals surface area contributed by atoms with Crippen LogP contribution in [0.15, 0.2) is 30.7 Å². The maximum Gasteiger partial charge on any atom is 0.270 e. The number of aliphatic hydroxyl groups excluding tert-OH is 1. The van der Waals surface area contributed by atoms with Crippen molar-refractivity contribution in [1.82, 2.24) is 25.1 Å². The van der Waals surface area contributed by atoms with E-state index < -0.39 is 18.6 Å². The Bertz CT molecular complexity index is 864. The van der Waals surface area contributed by atoms with E-state index in [2.05, 4.69) is 20.2 Å². The Kier molecular flexibility index (Phi) is 5.63. The van der Waals surface area contributed by atoms with Gasteiger partial charge in [0.25, 0.3) is 5.91 Å². The van der Waals surface area contributed by atoms with E-state index in [1.165, 1.54) is 12.5 Å². The third kappa shape index (κ3) is 4.33. The number of hydrogen-bond acceptors (Lipinski definition) is 7. The normalized spacial score (nSPS) is 17.2. The van der Waals surface area contributed by atoms with Crippen molar-refractivity contribution in [1.29, 1.82) is 0 Å². The monoisotopic (exact) mass is 401 g/mol. The zero-order valence-corrected chi connectivity index (χ0v) is 15.8. The van der Waals surface area contributed by atoms with E-state index in [9.17, 15) is 14.7 Å². The maximum atomic E-state index is 12.7. The van der Waals surface area contributed by atoms with Crippen molar-refractivity contribution in [2.75, 3.05) is 39.6 Å². The van der Waals surface area contributed by atoms with Crippen LogP contribution >= 0.6 is 0 Å². The molecule has 1 aromatic heterocycles. The van der Waals surface area contributed by atoms with Crippen LogP contribution in [0.25, 0.3) is 0 Å². The molecule has 0 unspecified atom stereocenters. The first-order valence-electron chi connectivity index (χ1n) is 9.44. The summed E-state index contributed by atoms with van der Waals surface area (Å²) in [4.78, 5) is 35.2. The van der Waals surface area contributed by atoms with Gasteiger partial charge in [-0.05, 0) is 17.7 Å². The Morgan fingerprint density at radius 2 is 2.00 bits per heavy atom. The van der Waals surface area contributed by atoms with Crippen molar-refractivity contribution in [3.63, 3.8) is 0 Å². The molecule has 0 radical (unpaired) electrons. The molecule has 29 heavy (non-hydrogen) atoms.